The summed E-state index contributed by atoms with van der Waals surface area (Å²) < 4.78 is 11.9. The molecule has 2 heterocycles. The summed E-state index contributed by atoms with van der Waals surface area (Å²) in [6.07, 6.45) is 7.69. The molecule has 0 amide bonds. The standard InChI is InChI=1S/C14H18ClNO2/c15-9-11-2-3-13(10-16-11)18-12-4-7-17-14(8-12)5-1-6-14/h2-3,10,12H,1,4-9H2. The van der Waals surface area contributed by atoms with E-state index in [9.17, 15) is 0 Å². The average Bonchev–Trinajstić information content (AvgIpc) is 2.38. The number of aromatic nitrogens is 1. The summed E-state index contributed by atoms with van der Waals surface area (Å²) in [6.45, 7) is 0.817. The summed E-state index contributed by atoms with van der Waals surface area (Å²) in [5, 5.41) is 0. The monoisotopic (exact) mass is 267 g/mol. The van der Waals surface area contributed by atoms with E-state index in [0.717, 1.165) is 30.9 Å². The maximum Gasteiger partial charge on any atom is 0.138 e. The lowest BCUT2D eigenvalue weighted by molar-refractivity contribution is -0.153. The molecule has 98 valence electrons. The zero-order chi connectivity index (χ0) is 12.4. The highest BCUT2D eigenvalue weighted by molar-refractivity contribution is 6.16. The van der Waals surface area contributed by atoms with Crippen LogP contribution in [0.5, 0.6) is 5.75 Å². The van der Waals surface area contributed by atoms with Crippen molar-refractivity contribution in [3.8, 4) is 5.75 Å². The second-order valence-corrected chi connectivity index (χ2v) is 5.50. The molecule has 1 aliphatic carbocycles. The fourth-order valence-electron chi connectivity index (χ4n) is 2.76. The summed E-state index contributed by atoms with van der Waals surface area (Å²) >= 11 is 5.72. The van der Waals surface area contributed by atoms with E-state index in [-0.39, 0.29) is 11.7 Å². The van der Waals surface area contributed by atoms with E-state index < -0.39 is 0 Å². The molecule has 1 saturated carbocycles. The Hall–Kier alpha value is -0.800. The highest BCUT2D eigenvalue weighted by Gasteiger charge is 2.43. The van der Waals surface area contributed by atoms with Gasteiger partial charge in [0.25, 0.3) is 0 Å². The second kappa shape index (κ2) is 5.06. The molecule has 1 aliphatic heterocycles. The van der Waals surface area contributed by atoms with Crippen molar-refractivity contribution in [2.75, 3.05) is 6.61 Å². The molecule has 1 spiro atoms. The Morgan fingerprint density at radius 2 is 2.33 bits per heavy atom. The van der Waals surface area contributed by atoms with Gasteiger partial charge in [0.15, 0.2) is 0 Å². The molecule has 1 aromatic rings. The van der Waals surface area contributed by atoms with Crippen LogP contribution in [0, 0.1) is 0 Å². The minimum absolute atomic E-state index is 0.131. The van der Waals surface area contributed by atoms with Gasteiger partial charge in [-0.1, -0.05) is 0 Å². The van der Waals surface area contributed by atoms with Crippen LogP contribution in [0.4, 0.5) is 0 Å². The van der Waals surface area contributed by atoms with Crippen molar-refractivity contribution in [3.63, 3.8) is 0 Å². The molecule has 3 nitrogen and oxygen atoms in total. The number of alkyl halides is 1. The highest BCUT2D eigenvalue weighted by Crippen LogP contribution is 2.43. The molecule has 2 fully saturated rings. The largest absolute Gasteiger partial charge is 0.489 e. The van der Waals surface area contributed by atoms with Crippen LogP contribution < -0.4 is 4.74 Å². The fourth-order valence-corrected chi connectivity index (χ4v) is 2.91. The fraction of sp³-hybridized carbons (Fsp3) is 0.643. The van der Waals surface area contributed by atoms with Gasteiger partial charge < -0.3 is 9.47 Å². The Kier molecular flexibility index (Phi) is 3.44. The molecule has 1 aromatic heterocycles. The normalized spacial score (nSPS) is 25.7. The van der Waals surface area contributed by atoms with Crippen LogP contribution in [0.3, 0.4) is 0 Å². The second-order valence-electron chi connectivity index (χ2n) is 5.24. The SMILES string of the molecule is ClCc1ccc(OC2CCOC3(CCC3)C2)cn1. The minimum Gasteiger partial charge on any atom is -0.489 e. The first-order valence-corrected chi connectivity index (χ1v) is 7.15. The Balaban J connectivity index is 1.61. The van der Waals surface area contributed by atoms with Crippen molar-refractivity contribution in [1.82, 2.24) is 4.98 Å². The first-order valence-electron chi connectivity index (χ1n) is 6.61. The van der Waals surface area contributed by atoms with Gasteiger partial charge >= 0.3 is 0 Å². The average molecular weight is 268 g/mol. The number of rotatable bonds is 3. The number of hydrogen-bond donors (Lipinski definition) is 0. The number of hydrogen-bond acceptors (Lipinski definition) is 3. The third kappa shape index (κ3) is 2.47. The van der Waals surface area contributed by atoms with Crippen LogP contribution in [-0.4, -0.2) is 23.3 Å². The third-order valence-corrected chi connectivity index (χ3v) is 4.22. The van der Waals surface area contributed by atoms with Crippen molar-refractivity contribution >= 4 is 11.6 Å². The molecule has 4 heteroatoms. The van der Waals surface area contributed by atoms with Crippen LogP contribution in [-0.2, 0) is 10.6 Å². The smallest absolute Gasteiger partial charge is 0.138 e. The van der Waals surface area contributed by atoms with Crippen molar-refractivity contribution in [3.05, 3.63) is 24.0 Å². The predicted molar refractivity (Wildman–Crippen MR) is 70.0 cm³/mol. The van der Waals surface area contributed by atoms with Crippen molar-refractivity contribution < 1.29 is 9.47 Å². The van der Waals surface area contributed by atoms with Crippen molar-refractivity contribution in [2.45, 2.75) is 49.7 Å². The summed E-state index contributed by atoms with van der Waals surface area (Å²) in [5.41, 5.74) is 1.01. The van der Waals surface area contributed by atoms with Crippen LogP contribution in [0.2, 0.25) is 0 Å². The molecular formula is C14H18ClNO2. The van der Waals surface area contributed by atoms with Gasteiger partial charge in [-0.15, -0.1) is 11.6 Å². The van der Waals surface area contributed by atoms with Gasteiger partial charge in [-0.05, 0) is 31.4 Å². The Bertz CT molecular complexity index is 403. The molecule has 1 saturated heterocycles. The van der Waals surface area contributed by atoms with Gasteiger partial charge in [0.1, 0.15) is 11.9 Å². The molecule has 1 unspecified atom stereocenters. The number of halogens is 1. The Morgan fingerprint density at radius 3 is 2.94 bits per heavy atom. The minimum atomic E-state index is 0.131. The number of pyridine rings is 1. The lowest BCUT2D eigenvalue weighted by atomic mass is 9.74. The maximum atomic E-state index is 6.00. The van der Waals surface area contributed by atoms with Crippen LogP contribution >= 0.6 is 11.6 Å². The summed E-state index contributed by atoms with van der Waals surface area (Å²) in [6, 6.07) is 3.87. The Labute approximate surface area is 112 Å². The van der Waals surface area contributed by atoms with Gasteiger partial charge in [-0.25, -0.2) is 0 Å². The van der Waals surface area contributed by atoms with Crippen molar-refractivity contribution in [2.24, 2.45) is 0 Å². The Morgan fingerprint density at radius 1 is 1.44 bits per heavy atom. The van der Waals surface area contributed by atoms with Gasteiger partial charge in [0, 0.05) is 12.8 Å². The summed E-state index contributed by atoms with van der Waals surface area (Å²) in [7, 11) is 0. The van der Waals surface area contributed by atoms with Gasteiger partial charge in [-0.3, -0.25) is 4.98 Å². The van der Waals surface area contributed by atoms with E-state index in [0.29, 0.717) is 5.88 Å². The van der Waals surface area contributed by atoms with E-state index in [1.165, 1.54) is 19.3 Å². The van der Waals surface area contributed by atoms with E-state index in [1.807, 2.05) is 12.1 Å². The molecule has 18 heavy (non-hydrogen) atoms. The van der Waals surface area contributed by atoms with E-state index in [1.54, 1.807) is 6.20 Å². The molecule has 0 radical (unpaired) electrons. The first-order chi connectivity index (χ1) is 8.80. The molecule has 0 N–H and O–H groups in total. The molecule has 0 bridgehead atoms. The molecule has 1 atom stereocenters. The number of ether oxygens (including phenoxy) is 2. The van der Waals surface area contributed by atoms with E-state index in [4.69, 9.17) is 21.1 Å². The van der Waals surface area contributed by atoms with E-state index >= 15 is 0 Å². The lowest BCUT2D eigenvalue weighted by Crippen LogP contribution is -2.48. The molecule has 0 aromatic carbocycles. The van der Waals surface area contributed by atoms with Gasteiger partial charge in [0.2, 0.25) is 0 Å². The van der Waals surface area contributed by atoms with Crippen LogP contribution in [0.25, 0.3) is 0 Å². The number of nitrogens with zero attached hydrogens (tertiary/aromatic N) is 1. The topological polar surface area (TPSA) is 31.4 Å². The lowest BCUT2D eigenvalue weighted by Gasteiger charge is -2.46. The predicted octanol–water partition coefficient (Wildman–Crippen LogP) is 3.30. The molecular weight excluding hydrogens is 250 g/mol. The highest BCUT2D eigenvalue weighted by atomic mass is 35.5. The summed E-state index contributed by atoms with van der Waals surface area (Å²) in [5.74, 6) is 1.28. The zero-order valence-electron chi connectivity index (χ0n) is 10.4. The molecule has 3 rings (SSSR count). The van der Waals surface area contributed by atoms with Crippen molar-refractivity contribution in [1.29, 1.82) is 0 Å². The molecule has 2 aliphatic rings. The first kappa shape index (κ1) is 12.2. The van der Waals surface area contributed by atoms with Gasteiger partial charge in [0.05, 0.1) is 30.0 Å². The quantitative estimate of drug-likeness (QED) is 0.788. The summed E-state index contributed by atoms with van der Waals surface area (Å²) in [4.78, 5) is 4.24. The maximum absolute atomic E-state index is 6.00. The third-order valence-electron chi connectivity index (χ3n) is 3.95. The van der Waals surface area contributed by atoms with Gasteiger partial charge in [-0.2, -0.15) is 0 Å². The van der Waals surface area contributed by atoms with Crippen LogP contribution in [0.15, 0.2) is 18.3 Å². The van der Waals surface area contributed by atoms with Crippen LogP contribution in [0.1, 0.15) is 37.8 Å². The van der Waals surface area contributed by atoms with E-state index in [2.05, 4.69) is 4.98 Å². The zero-order valence-corrected chi connectivity index (χ0v) is 11.2.